The van der Waals surface area contributed by atoms with E-state index < -0.39 is 0 Å². The maximum absolute atomic E-state index is 12.3. The van der Waals surface area contributed by atoms with Gasteiger partial charge in [-0.1, -0.05) is 12.1 Å². The maximum Gasteiger partial charge on any atom is 0.255 e. The number of nitrogens with one attached hydrogen (secondary N) is 2. The van der Waals surface area contributed by atoms with Crippen LogP contribution >= 0.6 is 11.3 Å². The number of thiazole rings is 1. The van der Waals surface area contributed by atoms with E-state index in [0.29, 0.717) is 12.1 Å². The van der Waals surface area contributed by atoms with Crippen LogP contribution < -0.4 is 10.6 Å². The fourth-order valence-corrected chi connectivity index (χ4v) is 3.19. The van der Waals surface area contributed by atoms with Gasteiger partial charge in [-0.3, -0.25) is 9.59 Å². The van der Waals surface area contributed by atoms with Crippen LogP contribution in [-0.2, 0) is 11.3 Å². The van der Waals surface area contributed by atoms with Crippen LogP contribution in [-0.4, -0.2) is 16.8 Å². The Kier molecular flexibility index (Phi) is 4.57. The van der Waals surface area contributed by atoms with Crippen molar-refractivity contribution in [1.82, 2.24) is 10.3 Å². The van der Waals surface area contributed by atoms with Crippen LogP contribution in [0.2, 0.25) is 0 Å². The first kappa shape index (κ1) is 16.1. The van der Waals surface area contributed by atoms with Crippen LogP contribution in [0.15, 0.2) is 42.5 Å². The van der Waals surface area contributed by atoms with Gasteiger partial charge in [0.05, 0.1) is 15.2 Å². The number of nitrogens with zero attached hydrogens (tertiary/aromatic N) is 1. The predicted octanol–water partition coefficient (Wildman–Crippen LogP) is 3.49. The van der Waals surface area contributed by atoms with E-state index in [2.05, 4.69) is 15.6 Å². The van der Waals surface area contributed by atoms with E-state index in [-0.39, 0.29) is 11.8 Å². The molecule has 3 aromatic rings. The highest BCUT2D eigenvalue weighted by molar-refractivity contribution is 7.18. The van der Waals surface area contributed by atoms with Crippen LogP contribution in [0.1, 0.15) is 27.9 Å². The molecule has 0 saturated heterocycles. The molecule has 0 aliphatic carbocycles. The molecule has 0 aliphatic heterocycles. The Hall–Kier alpha value is -2.73. The molecule has 24 heavy (non-hydrogen) atoms. The number of carbonyl (C=O) groups is 2. The van der Waals surface area contributed by atoms with Crippen LogP contribution in [0.3, 0.4) is 0 Å². The second kappa shape index (κ2) is 6.80. The zero-order valence-electron chi connectivity index (χ0n) is 13.4. The van der Waals surface area contributed by atoms with Gasteiger partial charge in [-0.2, -0.15) is 0 Å². The van der Waals surface area contributed by atoms with Crippen LogP contribution in [0.25, 0.3) is 10.2 Å². The number of amides is 2. The van der Waals surface area contributed by atoms with Gasteiger partial charge in [-0.25, -0.2) is 4.98 Å². The van der Waals surface area contributed by atoms with Crippen LogP contribution in [0.4, 0.5) is 5.69 Å². The fraction of sp³-hybridized carbons (Fsp3) is 0.167. The lowest BCUT2D eigenvalue weighted by molar-refractivity contribution is -0.119. The normalized spacial score (nSPS) is 10.6. The van der Waals surface area contributed by atoms with Gasteiger partial charge in [0.2, 0.25) is 5.91 Å². The average molecular weight is 339 g/mol. The number of anilines is 1. The summed E-state index contributed by atoms with van der Waals surface area (Å²) in [5.74, 6) is -0.243. The Morgan fingerprint density at radius 2 is 1.88 bits per heavy atom. The molecule has 1 heterocycles. The number of aromatic nitrogens is 1. The summed E-state index contributed by atoms with van der Waals surface area (Å²) in [5, 5.41) is 6.63. The van der Waals surface area contributed by atoms with Crippen molar-refractivity contribution in [2.45, 2.75) is 20.4 Å². The number of fused-ring (bicyclic) bond motifs is 1. The molecule has 2 amide bonds. The zero-order valence-corrected chi connectivity index (χ0v) is 14.2. The van der Waals surface area contributed by atoms with Gasteiger partial charge < -0.3 is 10.6 Å². The van der Waals surface area contributed by atoms with Gasteiger partial charge in [0.15, 0.2) is 0 Å². The van der Waals surface area contributed by atoms with E-state index in [9.17, 15) is 9.59 Å². The first-order valence-electron chi connectivity index (χ1n) is 7.53. The van der Waals surface area contributed by atoms with Crippen molar-refractivity contribution in [2.24, 2.45) is 0 Å². The van der Waals surface area contributed by atoms with Gasteiger partial charge in [-0.15, -0.1) is 11.3 Å². The highest BCUT2D eigenvalue weighted by atomic mass is 32.1. The standard InChI is InChI=1S/C18H17N3O2S/c1-11(22)19-10-13-3-5-14(6-4-13)18(23)21-15-7-8-16-17(9-15)24-12(2)20-16/h3-9H,10H2,1-2H3,(H,19,22)(H,21,23). The minimum absolute atomic E-state index is 0.0782. The molecule has 6 heteroatoms. The number of hydrogen-bond donors (Lipinski definition) is 2. The molecule has 0 fully saturated rings. The number of benzene rings is 2. The third-order valence-electron chi connectivity index (χ3n) is 3.51. The third-order valence-corrected chi connectivity index (χ3v) is 4.44. The van der Waals surface area contributed by atoms with Gasteiger partial charge in [0.1, 0.15) is 0 Å². The molecule has 0 spiro atoms. The molecule has 0 aliphatic rings. The van der Waals surface area contributed by atoms with E-state index in [0.717, 1.165) is 26.5 Å². The molecule has 2 aromatic carbocycles. The number of aryl methyl sites for hydroxylation is 1. The summed E-state index contributed by atoms with van der Waals surface area (Å²) in [7, 11) is 0. The molecule has 1 aromatic heterocycles. The molecule has 2 N–H and O–H groups in total. The van der Waals surface area contributed by atoms with Gasteiger partial charge in [0, 0.05) is 24.7 Å². The number of rotatable bonds is 4. The van der Waals surface area contributed by atoms with Gasteiger partial charge in [-0.05, 0) is 42.8 Å². The Morgan fingerprint density at radius 3 is 2.58 bits per heavy atom. The summed E-state index contributed by atoms with van der Waals surface area (Å²) in [6.07, 6.45) is 0. The van der Waals surface area contributed by atoms with Crippen molar-refractivity contribution < 1.29 is 9.59 Å². The second-order valence-corrected chi connectivity index (χ2v) is 6.71. The Balaban J connectivity index is 1.70. The summed E-state index contributed by atoms with van der Waals surface area (Å²) < 4.78 is 1.05. The fourth-order valence-electron chi connectivity index (χ4n) is 2.32. The van der Waals surface area contributed by atoms with Crippen molar-refractivity contribution >= 4 is 39.1 Å². The summed E-state index contributed by atoms with van der Waals surface area (Å²) in [6, 6.07) is 12.9. The van der Waals surface area contributed by atoms with Crippen molar-refractivity contribution in [3.05, 3.63) is 58.6 Å². The minimum Gasteiger partial charge on any atom is -0.352 e. The molecule has 3 rings (SSSR count). The molecular formula is C18H17N3O2S. The first-order chi connectivity index (χ1) is 11.5. The molecule has 0 bridgehead atoms. The summed E-state index contributed by atoms with van der Waals surface area (Å²) >= 11 is 1.60. The van der Waals surface area contributed by atoms with E-state index >= 15 is 0 Å². The highest BCUT2D eigenvalue weighted by Crippen LogP contribution is 2.25. The quantitative estimate of drug-likeness (QED) is 0.764. The Morgan fingerprint density at radius 1 is 1.12 bits per heavy atom. The van der Waals surface area contributed by atoms with Crippen molar-refractivity contribution in [2.75, 3.05) is 5.32 Å². The van der Waals surface area contributed by atoms with Crippen molar-refractivity contribution in [1.29, 1.82) is 0 Å². The molecule has 0 radical (unpaired) electrons. The summed E-state index contributed by atoms with van der Waals surface area (Å²) in [6.45, 7) is 3.90. The Labute approximate surface area is 143 Å². The largest absolute Gasteiger partial charge is 0.352 e. The Bertz CT molecular complexity index is 900. The smallest absolute Gasteiger partial charge is 0.255 e. The van der Waals surface area contributed by atoms with Crippen LogP contribution in [0, 0.1) is 6.92 Å². The highest BCUT2D eigenvalue weighted by Gasteiger charge is 2.08. The lowest BCUT2D eigenvalue weighted by Crippen LogP contribution is -2.19. The molecule has 0 atom stereocenters. The second-order valence-electron chi connectivity index (χ2n) is 5.48. The SMILES string of the molecule is CC(=O)NCc1ccc(C(=O)Nc2ccc3nc(C)sc3c2)cc1. The molecular weight excluding hydrogens is 322 g/mol. The molecule has 0 unspecified atom stereocenters. The summed E-state index contributed by atoms with van der Waals surface area (Å²) in [4.78, 5) is 27.7. The topological polar surface area (TPSA) is 71.1 Å². The van der Waals surface area contributed by atoms with Crippen molar-refractivity contribution in [3.63, 3.8) is 0 Å². The molecule has 122 valence electrons. The van der Waals surface area contributed by atoms with E-state index in [1.165, 1.54) is 6.92 Å². The predicted molar refractivity (Wildman–Crippen MR) is 96.3 cm³/mol. The molecule has 0 saturated carbocycles. The number of carbonyl (C=O) groups excluding carboxylic acids is 2. The van der Waals surface area contributed by atoms with E-state index in [1.807, 2.05) is 37.3 Å². The monoisotopic (exact) mass is 339 g/mol. The average Bonchev–Trinajstić information content (AvgIpc) is 2.92. The van der Waals surface area contributed by atoms with E-state index in [1.54, 1.807) is 23.5 Å². The number of hydrogen-bond acceptors (Lipinski definition) is 4. The third kappa shape index (κ3) is 3.78. The lowest BCUT2D eigenvalue weighted by Gasteiger charge is -2.07. The minimum atomic E-state index is -0.165. The lowest BCUT2D eigenvalue weighted by atomic mass is 10.1. The maximum atomic E-state index is 12.3. The molecule has 5 nitrogen and oxygen atoms in total. The van der Waals surface area contributed by atoms with Gasteiger partial charge in [0.25, 0.3) is 5.91 Å². The van der Waals surface area contributed by atoms with E-state index in [4.69, 9.17) is 0 Å². The first-order valence-corrected chi connectivity index (χ1v) is 8.35. The van der Waals surface area contributed by atoms with Crippen molar-refractivity contribution in [3.8, 4) is 0 Å². The summed E-state index contributed by atoms with van der Waals surface area (Å²) in [5.41, 5.74) is 3.21. The zero-order chi connectivity index (χ0) is 17.1. The van der Waals surface area contributed by atoms with Crippen LogP contribution in [0.5, 0.6) is 0 Å². The van der Waals surface area contributed by atoms with Gasteiger partial charge >= 0.3 is 0 Å².